The van der Waals surface area contributed by atoms with Crippen LogP contribution in [0.3, 0.4) is 0 Å². The van der Waals surface area contributed by atoms with E-state index >= 15 is 0 Å². The first-order chi connectivity index (χ1) is 11.3. The van der Waals surface area contributed by atoms with Gasteiger partial charge in [0.2, 0.25) is 0 Å². The number of halogens is 1. The molecular weight excluding hydrogens is 372 g/mol. The lowest BCUT2D eigenvalue weighted by molar-refractivity contribution is 0.0419. The SMILES string of the molecule is CC(C)(C)OC(=O)N[C@H](c1cccc(Br)c1)[C@H](O)c1cccnc1. The summed E-state index contributed by atoms with van der Waals surface area (Å²) in [5.74, 6) is 0. The number of aliphatic hydroxyl groups is 1. The van der Waals surface area contributed by atoms with E-state index in [4.69, 9.17) is 4.74 Å². The monoisotopic (exact) mass is 392 g/mol. The number of benzene rings is 1. The van der Waals surface area contributed by atoms with Gasteiger partial charge in [-0.25, -0.2) is 4.79 Å². The van der Waals surface area contributed by atoms with Crippen LogP contribution in [0.15, 0.2) is 53.3 Å². The van der Waals surface area contributed by atoms with Crippen LogP contribution in [-0.4, -0.2) is 21.8 Å². The zero-order valence-electron chi connectivity index (χ0n) is 13.9. The zero-order chi connectivity index (χ0) is 17.7. The normalized spacial score (nSPS) is 13.9. The van der Waals surface area contributed by atoms with Crippen LogP contribution in [0.1, 0.15) is 44.0 Å². The molecule has 128 valence electrons. The second-order valence-corrected chi connectivity index (χ2v) is 7.33. The molecule has 0 saturated carbocycles. The van der Waals surface area contributed by atoms with E-state index in [0.29, 0.717) is 5.56 Å². The Morgan fingerprint density at radius 3 is 2.54 bits per heavy atom. The van der Waals surface area contributed by atoms with Gasteiger partial charge in [-0.15, -0.1) is 0 Å². The van der Waals surface area contributed by atoms with Gasteiger partial charge < -0.3 is 15.2 Å². The Kier molecular flexibility index (Phi) is 5.96. The summed E-state index contributed by atoms with van der Waals surface area (Å²) in [7, 11) is 0. The molecule has 1 heterocycles. The van der Waals surface area contributed by atoms with E-state index < -0.39 is 23.8 Å². The van der Waals surface area contributed by atoms with Crippen LogP contribution in [0.5, 0.6) is 0 Å². The summed E-state index contributed by atoms with van der Waals surface area (Å²) < 4.78 is 6.17. The van der Waals surface area contributed by atoms with Crippen LogP contribution in [0, 0.1) is 0 Å². The van der Waals surface area contributed by atoms with Crippen LogP contribution >= 0.6 is 15.9 Å². The fourth-order valence-electron chi connectivity index (χ4n) is 2.22. The van der Waals surface area contributed by atoms with Crippen molar-refractivity contribution >= 4 is 22.0 Å². The first-order valence-electron chi connectivity index (χ1n) is 7.59. The van der Waals surface area contributed by atoms with E-state index in [1.807, 2.05) is 24.3 Å². The van der Waals surface area contributed by atoms with Gasteiger partial charge in [0.15, 0.2) is 0 Å². The zero-order valence-corrected chi connectivity index (χ0v) is 15.4. The summed E-state index contributed by atoms with van der Waals surface area (Å²) in [4.78, 5) is 16.2. The summed E-state index contributed by atoms with van der Waals surface area (Å²) in [6, 6.07) is 10.3. The second-order valence-electron chi connectivity index (χ2n) is 6.41. The number of rotatable bonds is 4. The maximum Gasteiger partial charge on any atom is 0.408 e. The van der Waals surface area contributed by atoms with Crippen LogP contribution < -0.4 is 5.32 Å². The molecule has 1 aromatic carbocycles. The highest BCUT2D eigenvalue weighted by atomic mass is 79.9. The second kappa shape index (κ2) is 7.77. The third-order valence-electron chi connectivity index (χ3n) is 3.22. The fourth-order valence-corrected chi connectivity index (χ4v) is 2.64. The number of amides is 1. The Hall–Kier alpha value is -1.92. The van der Waals surface area contributed by atoms with E-state index in [0.717, 1.165) is 10.0 Å². The Labute approximate surface area is 150 Å². The van der Waals surface area contributed by atoms with Crippen molar-refractivity contribution in [3.63, 3.8) is 0 Å². The molecule has 0 spiro atoms. The standard InChI is InChI=1S/C18H21BrN2O3/c1-18(2,3)24-17(23)21-15(12-6-4-8-14(19)10-12)16(22)13-7-5-9-20-11-13/h4-11,15-16,22H,1-3H3,(H,21,23)/t15-,16-/m1/s1. The number of hydrogen-bond donors (Lipinski definition) is 2. The number of hydrogen-bond acceptors (Lipinski definition) is 4. The van der Waals surface area contributed by atoms with Crippen LogP contribution in [-0.2, 0) is 4.74 Å². The van der Waals surface area contributed by atoms with Crippen molar-refractivity contribution in [2.75, 3.05) is 0 Å². The van der Waals surface area contributed by atoms with E-state index in [2.05, 4.69) is 26.2 Å². The molecule has 2 rings (SSSR count). The molecule has 0 aliphatic carbocycles. The molecule has 0 fully saturated rings. The maximum absolute atomic E-state index is 12.2. The molecule has 0 saturated heterocycles. The van der Waals surface area contributed by atoms with Gasteiger partial charge in [-0.05, 0) is 44.5 Å². The minimum atomic E-state index is -0.958. The quantitative estimate of drug-likeness (QED) is 0.819. The Morgan fingerprint density at radius 1 is 1.25 bits per heavy atom. The van der Waals surface area contributed by atoms with Crippen LogP contribution in [0.2, 0.25) is 0 Å². The first-order valence-corrected chi connectivity index (χ1v) is 8.38. The van der Waals surface area contributed by atoms with Crippen molar-refractivity contribution in [1.29, 1.82) is 0 Å². The number of carbonyl (C=O) groups is 1. The van der Waals surface area contributed by atoms with Crippen LogP contribution in [0.25, 0.3) is 0 Å². The molecule has 6 heteroatoms. The number of nitrogens with one attached hydrogen (secondary N) is 1. The predicted octanol–water partition coefficient (Wildman–Crippen LogP) is 4.14. The van der Waals surface area contributed by atoms with Gasteiger partial charge in [-0.1, -0.05) is 34.1 Å². The molecule has 0 unspecified atom stereocenters. The number of ether oxygens (including phenoxy) is 1. The van der Waals surface area contributed by atoms with E-state index in [1.165, 1.54) is 0 Å². The van der Waals surface area contributed by atoms with Crippen molar-refractivity contribution in [2.24, 2.45) is 0 Å². The minimum absolute atomic E-state index is 0.588. The van der Waals surface area contributed by atoms with Gasteiger partial charge in [0, 0.05) is 22.4 Å². The van der Waals surface area contributed by atoms with Crippen molar-refractivity contribution < 1.29 is 14.6 Å². The average molecular weight is 393 g/mol. The molecule has 0 bridgehead atoms. The summed E-state index contributed by atoms with van der Waals surface area (Å²) in [6.07, 6.45) is 1.66. The van der Waals surface area contributed by atoms with Gasteiger partial charge in [-0.2, -0.15) is 0 Å². The molecule has 2 N–H and O–H groups in total. The lowest BCUT2D eigenvalue weighted by Crippen LogP contribution is -2.37. The number of nitrogens with zero attached hydrogens (tertiary/aromatic N) is 1. The number of alkyl carbamates (subject to hydrolysis) is 1. The van der Waals surface area contributed by atoms with Gasteiger partial charge in [0.05, 0.1) is 6.04 Å². The first kappa shape index (κ1) is 18.4. The van der Waals surface area contributed by atoms with Gasteiger partial charge in [-0.3, -0.25) is 4.98 Å². The molecular formula is C18H21BrN2O3. The van der Waals surface area contributed by atoms with Crippen molar-refractivity contribution in [1.82, 2.24) is 10.3 Å². The highest BCUT2D eigenvalue weighted by molar-refractivity contribution is 9.10. The molecule has 0 radical (unpaired) electrons. The van der Waals surface area contributed by atoms with Crippen molar-refractivity contribution in [3.05, 3.63) is 64.4 Å². The lowest BCUT2D eigenvalue weighted by Gasteiger charge is -2.27. The Morgan fingerprint density at radius 2 is 1.96 bits per heavy atom. The Balaban J connectivity index is 2.29. The largest absolute Gasteiger partial charge is 0.444 e. The number of aromatic nitrogens is 1. The fraction of sp³-hybridized carbons (Fsp3) is 0.333. The summed E-state index contributed by atoms with van der Waals surface area (Å²) in [6.45, 7) is 5.37. The predicted molar refractivity (Wildman–Crippen MR) is 95.4 cm³/mol. The molecule has 2 atom stereocenters. The van der Waals surface area contributed by atoms with Gasteiger partial charge >= 0.3 is 6.09 Å². The topological polar surface area (TPSA) is 71.5 Å². The van der Waals surface area contributed by atoms with Gasteiger partial charge in [0.25, 0.3) is 0 Å². The van der Waals surface area contributed by atoms with Crippen molar-refractivity contribution in [2.45, 2.75) is 38.5 Å². The van der Waals surface area contributed by atoms with Crippen molar-refractivity contribution in [3.8, 4) is 0 Å². The molecule has 5 nitrogen and oxygen atoms in total. The van der Waals surface area contributed by atoms with Gasteiger partial charge in [0.1, 0.15) is 11.7 Å². The summed E-state index contributed by atoms with van der Waals surface area (Å²) in [5.41, 5.74) is 0.746. The smallest absolute Gasteiger partial charge is 0.408 e. The molecule has 1 amide bonds. The summed E-state index contributed by atoms with van der Waals surface area (Å²) in [5, 5.41) is 13.5. The summed E-state index contributed by atoms with van der Waals surface area (Å²) >= 11 is 3.41. The molecule has 24 heavy (non-hydrogen) atoms. The number of pyridine rings is 1. The molecule has 0 aliphatic heterocycles. The maximum atomic E-state index is 12.2. The minimum Gasteiger partial charge on any atom is -0.444 e. The van der Waals surface area contributed by atoms with E-state index in [-0.39, 0.29) is 0 Å². The highest BCUT2D eigenvalue weighted by Gasteiger charge is 2.27. The highest BCUT2D eigenvalue weighted by Crippen LogP contribution is 2.30. The lowest BCUT2D eigenvalue weighted by atomic mass is 9.97. The third-order valence-corrected chi connectivity index (χ3v) is 3.71. The third kappa shape index (κ3) is 5.32. The molecule has 2 aromatic rings. The van der Waals surface area contributed by atoms with Crippen LogP contribution in [0.4, 0.5) is 4.79 Å². The van der Waals surface area contributed by atoms with E-state index in [1.54, 1.807) is 45.3 Å². The number of aliphatic hydroxyl groups excluding tert-OH is 1. The molecule has 0 aliphatic rings. The molecule has 1 aromatic heterocycles. The number of carbonyl (C=O) groups excluding carboxylic acids is 1. The average Bonchev–Trinajstić information content (AvgIpc) is 2.51. The van der Waals surface area contributed by atoms with E-state index in [9.17, 15) is 9.90 Å². The Bertz CT molecular complexity index is 686.